The molecule has 2 amide bonds. The minimum Gasteiger partial charge on any atom is -0.480 e. The number of nitrogens with two attached hydrogens (primary N) is 1. The molecule has 5 rings (SSSR count). The van der Waals surface area contributed by atoms with Crippen molar-refractivity contribution >= 4 is 33.7 Å². The van der Waals surface area contributed by atoms with E-state index in [9.17, 15) is 13.6 Å². The SMILES string of the molecule is COc1nc2cc(F)c(F)cc2nc1C1CC(NC(N)=O)CCN1c1ccc2cc[nH]c2c1. The van der Waals surface area contributed by atoms with Crippen LogP contribution in [0.4, 0.5) is 19.3 Å². The van der Waals surface area contributed by atoms with Crippen LogP contribution in [0.5, 0.6) is 5.88 Å². The van der Waals surface area contributed by atoms with Gasteiger partial charge in [-0.05, 0) is 36.4 Å². The molecule has 2 aromatic heterocycles. The second-order valence-corrected chi connectivity index (χ2v) is 8.06. The van der Waals surface area contributed by atoms with Gasteiger partial charge in [0.2, 0.25) is 5.88 Å². The number of primary amides is 1. The molecule has 0 spiro atoms. The van der Waals surface area contributed by atoms with E-state index in [1.165, 1.54) is 7.11 Å². The number of nitrogens with one attached hydrogen (secondary N) is 2. The second kappa shape index (κ2) is 8.19. The van der Waals surface area contributed by atoms with Crippen molar-refractivity contribution in [2.45, 2.75) is 24.9 Å². The summed E-state index contributed by atoms with van der Waals surface area (Å²) in [5.74, 6) is -1.79. The fourth-order valence-electron chi connectivity index (χ4n) is 4.50. The van der Waals surface area contributed by atoms with Crippen LogP contribution in [-0.4, -0.2) is 40.7 Å². The molecule has 10 heteroatoms. The van der Waals surface area contributed by atoms with E-state index < -0.39 is 17.7 Å². The first kappa shape index (κ1) is 20.9. The number of methoxy groups -OCH3 is 1. The Morgan fingerprint density at radius 2 is 1.94 bits per heavy atom. The van der Waals surface area contributed by atoms with Crippen molar-refractivity contribution in [2.24, 2.45) is 5.73 Å². The third kappa shape index (κ3) is 3.88. The molecule has 0 bridgehead atoms. The van der Waals surface area contributed by atoms with Crippen LogP contribution in [0.2, 0.25) is 0 Å². The number of nitrogens with zero attached hydrogens (tertiary/aromatic N) is 3. The van der Waals surface area contributed by atoms with Crippen LogP contribution in [0.1, 0.15) is 24.6 Å². The van der Waals surface area contributed by atoms with Crippen molar-refractivity contribution < 1.29 is 18.3 Å². The zero-order valence-electron chi connectivity index (χ0n) is 17.8. The highest BCUT2D eigenvalue weighted by Crippen LogP contribution is 2.39. The lowest BCUT2D eigenvalue weighted by atomic mass is 9.93. The number of carbonyl (C=O) groups is 1. The van der Waals surface area contributed by atoms with Crippen molar-refractivity contribution in [1.82, 2.24) is 20.3 Å². The number of carbonyl (C=O) groups excluding carboxylic acids is 1. The molecule has 2 atom stereocenters. The highest BCUT2D eigenvalue weighted by Gasteiger charge is 2.34. The minimum atomic E-state index is -1.00. The Morgan fingerprint density at radius 3 is 2.67 bits per heavy atom. The van der Waals surface area contributed by atoms with E-state index in [0.29, 0.717) is 25.1 Å². The molecule has 8 nitrogen and oxygen atoms in total. The molecule has 1 fully saturated rings. The summed E-state index contributed by atoms with van der Waals surface area (Å²) >= 11 is 0. The lowest BCUT2D eigenvalue weighted by molar-refractivity contribution is 0.240. The van der Waals surface area contributed by atoms with Crippen LogP contribution in [0.25, 0.3) is 21.9 Å². The van der Waals surface area contributed by atoms with Gasteiger partial charge in [0.1, 0.15) is 5.69 Å². The summed E-state index contributed by atoms with van der Waals surface area (Å²) in [6, 6.07) is 8.94. The van der Waals surface area contributed by atoms with Crippen LogP contribution < -0.4 is 20.7 Å². The number of rotatable bonds is 4. The average molecular weight is 452 g/mol. The summed E-state index contributed by atoms with van der Waals surface area (Å²) in [5.41, 5.74) is 8.18. The van der Waals surface area contributed by atoms with E-state index in [2.05, 4.69) is 25.2 Å². The Labute approximate surface area is 187 Å². The monoisotopic (exact) mass is 452 g/mol. The molecule has 0 radical (unpaired) electrons. The van der Waals surface area contributed by atoms with Gasteiger partial charge in [-0.15, -0.1) is 0 Å². The van der Waals surface area contributed by atoms with Gasteiger partial charge in [-0.3, -0.25) is 0 Å². The van der Waals surface area contributed by atoms with E-state index in [1.807, 2.05) is 30.5 Å². The lowest BCUT2D eigenvalue weighted by Crippen LogP contribution is -2.48. The number of halogens is 2. The third-order valence-corrected chi connectivity index (χ3v) is 6.03. The smallest absolute Gasteiger partial charge is 0.312 e. The fraction of sp³-hybridized carbons (Fsp3) is 0.261. The summed E-state index contributed by atoms with van der Waals surface area (Å²) in [5, 5.41) is 3.86. The normalized spacial score (nSPS) is 18.6. The van der Waals surface area contributed by atoms with Gasteiger partial charge in [-0.25, -0.2) is 23.5 Å². The van der Waals surface area contributed by atoms with E-state index in [4.69, 9.17) is 10.5 Å². The lowest BCUT2D eigenvalue weighted by Gasteiger charge is -2.41. The maximum absolute atomic E-state index is 13.9. The third-order valence-electron chi connectivity index (χ3n) is 6.03. The number of urea groups is 1. The molecule has 4 aromatic rings. The molecule has 1 aliphatic rings. The predicted molar refractivity (Wildman–Crippen MR) is 120 cm³/mol. The number of H-pyrrole nitrogens is 1. The van der Waals surface area contributed by atoms with Gasteiger partial charge < -0.3 is 25.7 Å². The number of piperidine rings is 1. The number of benzene rings is 2. The van der Waals surface area contributed by atoms with Gasteiger partial charge in [-0.2, -0.15) is 0 Å². The number of fused-ring (bicyclic) bond motifs is 2. The Morgan fingerprint density at radius 1 is 1.18 bits per heavy atom. The van der Waals surface area contributed by atoms with E-state index in [0.717, 1.165) is 28.7 Å². The highest BCUT2D eigenvalue weighted by molar-refractivity contribution is 5.83. The topological polar surface area (TPSA) is 109 Å². The van der Waals surface area contributed by atoms with E-state index in [-0.39, 0.29) is 29.0 Å². The van der Waals surface area contributed by atoms with Gasteiger partial charge in [0.05, 0.1) is 24.2 Å². The number of anilines is 1. The Balaban J connectivity index is 1.63. The standard InChI is InChI=1S/C23H22F2N6O2/c1-33-22-21(29-18-10-15(24)16(25)11-19(18)30-22)20-8-13(28-23(26)32)5-7-31(20)14-3-2-12-4-6-27-17(12)9-14/h2-4,6,9-11,13,20,27H,5,7-8H2,1H3,(H3,26,28,32). The molecule has 4 N–H and O–H groups in total. The van der Waals surface area contributed by atoms with Gasteiger partial charge in [0, 0.05) is 42.1 Å². The summed E-state index contributed by atoms with van der Waals surface area (Å²) in [7, 11) is 1.45. The van der Waals surface area contributed by atoms with Crippen LogP contribution in [0, 0.1) is 11.6 Å². The first-order chi connectivity index (χ1) is 15.9. The number of aromatic nitrogens is 3. The van der Waals surface area contributed by atoms with Crippen molar-refractivity contribution in [3.05, 3.63) is 59.9 Å². The molecule has 2 unspecified atom stereocenters. The number of hydrogen-bond donors (Lipinski definition) is 3. The van der Waals surface area contributed by atoms with Gasteiger partial charge in [0.25, 0.3) is 0 Å². The van der Waals surface area contributed by atoms with Crippen molar-refractivity contribution in [3.8, 4) is 5.88 Å². The Hall–Kier alpha value is -3.95. The largest absolute Gasteiger partial charge is 0.480 e. The van der Waals surface area contributed by atoms with Crippen molar-refractivity contribution in [2.75, 3.05) is 18.6 Å². The molecule has 0 saturated carbocycles. The number of amides is 2. The van der Waals surface area contributed by atoms with Crippen LogP contribution in [-0.2, 0) is 0 Å². The zero-order chi connectivity index (χ0) is 23.1. The Kier molecular flexibility index (Phi) is 5.20. The van der Waals surface area contributed by atoms with Gasteiger partial charge in [0.15, 0.2) is 11.6 Å². The molecule has 33 heavy (non-hydrogen) atoms. The number of hydrogen-bond acceptors (Lipinski definition) is 5. The molecule has 0 aliphatic carbocycles. The summed E-state index contributed by atoms with van der Waals surface area (Å²) in [6.45, 7) is 0.600. The summed E-state index contributed by atoms with van der Waals surface area (Å²) in [6.07, 6.45) is 3.03. The highest BCUT2D eigenvalue weighted by atomic mass is 19.2. The molecule has 1 saturated heterocycles. The summed E-state index contributed by atoms with van der Waals surface area (Å²) in [4.78, 5) is 25.9. The Bertz CT molecular complexity index is 1360. The van der Waals surface area contributed by atoms with E-state index in [1.54, 1.807) is 0 Å². The average Bonchev–Trinajstić information content (AvgIpc) is 3.26. The molecule has 1 aliphatic heterocycles. The van der Waals surface area contributed by atoms with Gasteiger partial charge in [-0.1, -0.05) is 6.07 Å². The fourth-order valence-corrected chi connectivity index (χ4v) is 4.50. The van der Waals surface area contributed by atoms with Crippen molar-refractivity contribution in [1.29, 1.82) is 0 Å². The number of aromatic amines is 1. The maximum atomic E-state index is 13.9. The minimum absolute atomic E-state index is 0.190. The molecule has 2 aromatic carbocycles. The van der Waals surface area contributed by atoms with Crippen LogP contribution >= 0.6 is 0 Å². The van der Waals surface area contributed by atoms with Crippen LogP contribution in [0.3, 0.4) is 0 Å². The van der Waals surface area contributed by atoms with Gasteiger partial charge >= 0.3 is 6.03 Å². The first-order valence-corrected chi connectivity index (χ1v) is 10.5. The zero-order valence-corrected chi connectivity index (χ0v) is 17.8. The maximum Gasteiger partial charge on any atom is 0.312 e. The quantitative estimate of drug-likeness (QED) is 0.437. The first-order valence-electron chi connectivity index (χ1n) is 10.5. The molecular weight excluding hydrogens is 430 g/mol. The molecule has 170 valence electrons. The second-order valence-electron chi connectivity index (χ2n) is 8.06. The molecular formula is C23H22F2N6O2. The van der Waals surface area contributed by atoms with Crippen molar-refractivity contribution in [3.63, 3.8) is 0 Å². The van der Waals surface area contributed by atoms with E-state index >= 15 is 0 Å². The molecule has 3 heterocycles. The number of ether oxygens (including phenoxy) is 1. The predicted octanol–water partition coefficient (Wildman–Crippen LogP) is 3.78. The summed E-state index contributed by atoms with van der Waals surface area (Å²) < 4.78 is 33.2. The van der Waals surface area contributed by atoms with Crippen LogP contribution in [0.15, 0.2) is 42.6 Å².